The molecule has 140 valence electrons. The molecule has 5 nitrogen and oxygen atoms in total. The predicted octanol–water partition coefficient (Wildman–Crippen LogP) is 3.61. The van der Waals surface area contributed by atoms with Gasteiger partial charge in [-0.15, -0.1) is 0 Å². The molecule has 2 heterocycles. The van der Waals surface area contributed by atoms with Crippen LogP contribution in [0.4, 0.5) is 4.39 Å². The lowest BCUT2D eigenvalue weighted by Gasteiger charge is -2.34. The second-order valence-corrected chi connectivity index (χ2v) is 7.24. The number of hydrogen-bond donors (Lipinski definition) is 1. The van der Waals surface area contributed by atoms with Crippen molar-refractivity contribution < 1.29 is 13.7 Å². The Labute approximate surface area is 153 Å². The van der Waals surface area contributed by atoms with Crippen LogP contribution < -0.4 is 5.32 Å². The van der Waals surface area contributed by atoms with E-state index in [2.05, 4.69) is 29.2 Å². The Bertz CT molecular complexity index is 736. The van der Waals surface area contributed by atoms with Crippen molar-refractivity contribution in [2.75, 3.05) is 13.1 Å². The SMILES string of the molecule is CC(C)N1CCC(CC(=O)NCc2cc(-c3cccc(F)c3)no2)CC1. The van der Waals surface area contributed by atoms with Crippen molar-refractivity contribution in [3.05, 3.63) is 41.9 Å². The van der Waals surface area contributed by atoms with Crippen LogP contribution in [0.3, 0.4) is 0 Å². The fourth-order valence-corrected chi connectivity index (χ4v) is 3.37. The molecule has 0 radical (unpaired) electrons. The van der Waals surface area contributed by atoms with E-state index in [-0.39, 0.29) is 11.7 Å². The number of amides is 1. The van der Waals surface area contributed by atoms with Crippen molar-refractivity contribution >= 4 is 5.91 Å². The Hall–Kier alpha value is -2.21. The maximum Gasteiger partial charge on any atom is 0.220 e. The molecule has 0 saturated carbocycles. The van der Waals surface area contributed by atoms with Gasteiger partial charge in [0.1, 0.15) is 11.5 Å². The Balaban J connectivity index is 1.45. The minimum Gasteiger partial charge on any atom is -0.359 e. The molecule has 1 aliphatic rings. The van der Waals surface area contributed by atoms with Crippen molar-refractivity contribution in [2.24, 2.45) is 5.92 Å². The molecule has 0 atom stereocenters. The second kappa shape index (κ2) is 8.45. The Morgan fingerprint density at radius 3 is 2.81 bits per heavy atom. The van der Waals surface area contributed by atoms with E-state index in [0.717, 1.165) is 25.9 Å². The molecule has 1 aromatic heterocycles. The highest BCUT2D eigenvalue weighted by Crippen LogP contribution is 2.22. The van der Waals surface area contributed by atoms with Crippen LogP contribution in [0.5, 0.6) is 0 Å². The molecule has 0 bridgehead atoms. The van der Waals surface area contributed by atoms with Gasteiger partial charge in [-0.05, 0) is 57.8 Å². The molecule has 1 amide bonds. The highest BCUT2D eigenvalue weighted by Gasteiger charge is 2.22. The molecule has 1 aliphatic heterocycles. The monoisotopic (exact) mass is 359 g/mol. The zero-order valence-corrected chi connectivity index (χ0v) is 15.4. The van der Waals surface area contributed by atoms with E-state index in [4.69, 9.17) is 4.52 Å². The molecule has 0 spiro atoms. The van der Waals surface area contributed by atoms with Gasteiger partial charge in [0.25, 0.3) is 0 Å². The van der Waals surface area contributed by atoms with Gasteiger partial charge in [0.15, 0.2) is 5.76 Å². The van der Waals surface area contributed by atoms with Gasteiger partial charge in [-0.3, -0.25) is 4.79 Å². The van der Waals surface area contributed by atoms with Crippen LogP contribution in [0.25, 0.3) is 11.3 Å². The van der Waals surface area contributed by atoms with Crippen molar-refractivity contribution in [3.63, 3.8) is 0 Å². The van der Waals surface area contributed by atoms with Crippen molar-refractivity contribution in [1.82, 2.24) is 15.4 Å². The van der Waals surface area contributed by atoms with Crippen LogP contribution in [0.15, 0.2) is 34.9 Å². The highest BCUT2D eigenvalue weighted by molar-refractivity contribution is 5.76. The first-order valence-corrected chi connectivity index (χ1v) is 9.23. The van der Waals surface area contributed by atoms with Gasteiger partial charge in [0.2, 0.25) is 5.91 Å². The second-order valence-electron chi connectivity index (χ2n) is 7.24. The molecule has 1 N–H and O–H groups in total. The van der Waals surface area contributed by atoms with Crippen molar-refractivity contribution in [2.45, 2.75) is 45.7 Å². The summed E-state index contributed by atoms with van der Waals surface area (Å²) in [6.07, 6.45) is 2.69. The van der Waals surface area contributed by atoms with E-state index in [0.29, 0.717) is 41.9 Å². The Kier molecular flexibility index (Phi) is 6.04. The molecule has 26 heavy (non-hydrogen) atoms. The summed E-state index contributed by atoms with van der Waals surface area (Å²) in [5.74, 6) is 0.732. The zero-order valence-electron chi connectivity index (χ0n) is 15.4. The third-order valence-electron chi connectivity index (χ3n) is 4.99. The number of carbonyl (C=O) groups excluding carboxylic acids is 1. The lowest BCUT2D eigenvalue weighted by atomic mass is 9.92. The number of carbonyl (C=O) groups is 1. The number of aromatic nitrogens is 1. The maximum atomic E-state index is 13.3. The van der Waals surface area contributed by atoms with Crippen molar-refractivity contribution in [1.29, 1.82) is 0 Å². The summed E-state index contributed by atoms with van der Waals surface area (Å²) >= 11 is 0. The van der Waals surface area contributed by atoms with Crippen LogP contribution >= 0.6 is 0 Å². The summed E-state index contributed by atoms with van der Waals surface area (Å²) in [6.45, 7) is 6.85. The molecule has 2 aromatic rings. The molecule has 1 fully saturated rings. The smallest absolute Gasteiger partial charge is 0.220 e. The Morgan fingerprint density at radius 2 is 2.12 bits per heavy atom. The molecular weight excluding hydrogens is 333 g/mol. The molecule has 0 aliphatic carbocycles. The average Bonchev–Trinajstić information content (AvgIpc) is 3.09. The number of rotatable bonds is 6. The van der Waals surface area contributed by atoms with Gasteiger partial charge in [-0.25, -0.2) is 4.39 Å². The zero-order chi connectivity index (χ0) is 18.5. The summed E-state index contributed by atoms with van der Waals surface area (Å²) in [5, 5.41) is 6.84. The summed E-state index contributed by atoms with van der Waals surface area (Å²) < 4.78 is 18.5. The summed E-state index contributed by atoms with van der Waals surface area (Å²) in [5.41, 5.74) is 1.22. The van der Waals surface area contributed by atoms with Crippen LogP contribution in [0.2, 0.25) is 0 Å². The van der Waals surface area contributed by atoms with E-state index in [1.807, 2.05) is 0 Å². The van der Waals surface area contributed by atoms with Gasteiger partial charge >= 0.3 is 0 Å². The summed E-state index contributed by atoms with van der Waals surface area (Å²) in [7, 11) is 0. The fourth-order valence-electron chi connectivity index (χ4n) is 3.37. The van der Waals surface area contributed by atoms with E-state index >= 15 is 0 Å². The average molecular weight is 359 g/mol. The number of nitrogens with one attached hydrogen (secondary N) is 1. The molecule has 1 aromatic carbocycles. The molecule has 0 unspecified atom stereocenters. The van der Waals surface area contributed by atoms with Gasteiger partial charge in [-0.2, -0.15) is 0 Å². The van der Waals surface area contributed by atoms with Crippen LogP contribution in [-0.4, -0.2) is 35.1 Å². The quantitative estimate of drug-likeness (QED) is 0.856. The largest absolute Gasteiger partial charge is 0.359 e. The minimum atomic E-state index is -0.316. The number of halogens is 1. The van der Waals surface area contributed by atoms with E-state index in [1.165, 1.54) is 12.1 Å². The number of nitrogens with zero attached hydrogens (tertiary/aromatic N) is 2. The van der Waals surface area contributed by atoms with E-state index < -0.39 is 0 Å². The number of piperidine rings is 1. The molecule has 6 heteroatoms. The topological polar surface area (TPSA) is 58.4 Å². The van der Waals surface area contributed by atoms with Crippen LogP contribution in [0, 0.1) is 11.7 Å². The standard InChI is InChI=1S/C20H26FN3O2/c1-14(2)24-8-6-15(7-9-24)10-20(25)22-13-18-12-19(23-26-18)16-4-3-5-17(21)11-16/h3-5,11-12,14-15H,6-10,13H2,1-2H3,(H,22,25). The molecule has 3 rings (SSSR count). The first kappa shape index (κ1) is 18.6. The predicted molar refractivity (Wildman–Crippen MR) is 97.8 cm³/mol. The maximum absolute atomic E-state index is 13.3. The number of benzene rings is 1. The van der Waals surface area contributed by atoms with Gasteiger partial charge in [0.05, 0.1) is 6.54 Å². The normalized spacial score (nSPS) is 16.2. The fraction of sp³-hybridized carbons (Fsp3) is 0.500. The molecule has 1 saturated heterocycles. The van der Waals surface area contributed by atoms with Gasteiger partial charge in [0, 0.05) is 24.1 Å². The lowest BCUT2D eigenvalue weighted by molar-refractivity contribution is -0.122. The van der Waals surface area contributed by atoms with Crippen LogP contribution in [0.1, 0.15) is 38.9 Å². The van der Waals surface area contributed by atoms with Gasteiger partial charge < -0.3 is 14.7 Å². The summed E-state index contributed by atoms with van der Waals surface area (Å²) in [4.78, 5) is 14.6. The van der Waals surface area contributed by atoms with Crippen LogP contribution in [-0.2, 0) is 11.3 Å². The van der Waals surface area contributed by atoms with Gasteiger partial charge in [-0.1, -0.05) is 17.3 Å². The first-order chi connectivity index (χ1) is 12.5. The van der Waals surface area contributed by atoms with E-state index in [1.54, 1.807) is 18.2 Å². The van der Waals surface area contributed by atoms with E-state index in [9.17, 15) is 9.18 Å². The minimum absolute atomic E-state index is 0.0386. The number of hydrogen-bond acceptors (Lipinski definition) is 4. The third kappa shape index (κ3) is 4.91. The first-order valence-electron chi connectivity index (χ1n) is 9.23. The molecular formula is C20H26FN3O2. The number of likely N-dealkylation sites (tertiary alicyclic amines) is 1. The highest BCUT2D eigenvalue weighted by atomic mass is 19.1. The lowest BCUT2D eigenvalue weighted by Crippen LogP contribution is -2.39. The Morgan fingerprint density at radius 1 is 1.35 bits per heavy atom. The summed E-state index contributed by atoms with van der Waals surface area (Å²) in [6, 6.07) is 8.50. The third-order valence-corrected chi connectivity index (χ3v) is 4.99. The van der Waals surface area contributed by atoms with Crippen molar-refractivity contribution in [3.8, 4) is 11.3 Å².